The van der Waals surface area contributed by atoms with Crippen LogP contribution in [0.2, 0.25) is 0 Å². The Labute approximate surface area is 207 Å². The summed E-state index contributed by atoms with van der Waals surface area (Å²) in [7, 11) is 1.67. The monoisotopic (exact) mass is 476 g/mol. The van der Waals surface area contributed by atoms with E-state index in [1.165, 1.54) is 30.4 Å². The van der Waals surface area contributed by atoms with Crippen LogP contribution in [-0.2, 0) is 11.2 Å². The molecule has 1 saturated heterocycles. The zero-order chi connectivity index (χ0) is 24.6. The van der Waals surface area contributed by atoms with Gasteiger partial charge in [0.15, 0.2) is 0 Å². The molecule has 2 heterocycles. The molecule has 0 saturated carbocycles. The number of hydrogen-bond donors (Lipinski definition) is 1. The van der Waals surface area contributed by atoms with Crippen LogP contribution >= 0.6 is 0 Å². The molecule has 1 N–H and O–H groups in total. The second-order valence-electron chi connectivity index (χ2n) is 9.48. The fourth-order valence-electron chi connectivity index (χ4n) is 4.52. The lowest BCUT2D eigenvalue weighted by atomic mass is 10.0. The minimum Gasteiger partial charge on any atom is -0.497 e. The Morgan fingerprint density at radius 1 is 1.03 bits per heavy atom. The summed E-state index contributed by atoms with van der Waals surface area (Å²) < 4.78 is 10.7. The lowest BCUT2D eigenvalue weighted by Crippen LogP contribution is -2.40. The number of nitrogens with one attached hydrogen (secondary N) is 1. The van der Waals surface area contributed by atoms with Gasteiger partial charge in [-0.25, -0.2) is 0 Å². The van der Waals surface area contributed by atoms with Gasteiger partial charge in [0.1, 0.15) is 5.75 Å². The average Bonchev–Trinajstić information content (AvgIpc) is 3.38. The summed E-state index contributed by atoms with van der Waals surface area (Å²) in [6.07, 6.45) is 4.38. The number of benzene rings is 2. The molecule has 0 radical (unpaired) electrons. The van der Waals surface area contributed by atoms with Crippen molar-refractivity contribution < 1.29 is 14.1 Å². The van der Waals surface area contributed by atoms with Gasteiger partial charge in [-0.2, -0.15) is 4.98 Å². The summed E-state index contributed by atoms with van der Waals surface area (Å²) in [5.41, 5.74) is 3.38. The van der Waals surface area contributed by atoms with Gasteiger partial charge >= 0.3 is 0 Å². The van der Waals surface area contributed by atoms with E-state index in [1.807, 2.05) is 24.3 Å². The first-order valence-corrected chi connectivity index (χ1v) is 12.6. The van der Waals surface area contributed by atoms with E-state index in [-0.39, 0.29) is 11.9 Å². The summed E-state index contributed by atoms with van der Waals surface area (Å²) >= 11 is 0. The summed E-state index contributed by atoms with van der Waals surface area (Å²) in [6, 6.07) is 16.5. The number of aryl methyl sites for hydroxylation is 1. The van der Waals surface area contributed by atoms with Crippen LogP contribution in [-0.4, -0.2) is 47.7 Å². The summed E-state index contributed by atoms with van der Waals surface area (Å²) in [5, 5.41) is 7.22. The molecule has 186 valence electrons. The van der Waals surface area contributed by atoms with E-state index in [0.29, 0.717) is 37.0 Å². The molecule has 1 aliphatic heterocycles. The first kappa shape index (κ1) is 24.9. The highest BCUT2D eigenvalue weighted by molar-refractivity contribution is 5.76. The number of carbonyl (C=O) groups excluding carboxylic acids is 1. The zero-order valence-electron chi connectivity index (χ0n) is 21.0. The Balaban J connectivity index is 1.32. The van der Waals surface area contributed by atoms with E-state index in [1.54, 1.807) is 7.11 Å². The van der Waals surface area contributed by atoms with Gasteiger partial charge < -0.3 is 14.6 Å². The highest BCUT2D eigenvalue weighted by atomic mass is 16.5. The molecule has 3 aromatic rings. The van der Waals surface area contributed by atoms with Gasteiger partial charge in [-0.1, -0.05) is 61.8 Å². The maximum Gasteiger partial charge on any atom is 0.227 e. The van der Waals surface area contributed by atoms with Crippen molar-refractivity contribution in [3.63, 3.8) is 0 Å². The molecule has 0 spiro atoms. The van der Waals surface area contributed by atoms with Crippen LogP contribution in [0.3, 0.4) is 0 Å². The van der Waals surface area contributed by atoms with Crippen LogP contribution in [0.25, 0.3) is 11.4 Å². The van der Waals surface area contributed by atoms with Gasteiger partial charge in [0, 0.05) is 24.9 Å². The van der Waals surface area contributed by atoms with E-state index in [2.05, 4.69) is 58.5 Å². The molecule has 0 bridgehead atoms. The smallest absolute Gasteiger partial charge is 0.227 e. The first-order chi connectivity index (χ1) is 17.0. The second kappa shape index (κ2) is 12.0. The van der Waals surface area contributed by atoms with Crippen molar-refractivity contribution in [2.24, 2.45) is 0 Å². The normalized spacial score (nSPS) is 15.2. The molecule has 7 nitrogen and oxygen atoms in total. The lowest BCUT2D eigenvalue weighted by molar-refractivity contribution is -0.121. The van der Waals surface area contributed by atoms with E-state index in [0.717, 1.165) is 24.4 Å². The van der Waals surface area contributed by atoms with Gasteiger partial charge in [-0.05, 0) is 55.1 Å². The number of amides is 1. The van der Waals surface area contributed by atoms with Crippen LogP contribution in [0.1, 0.15) is 68.5 Å². The minimum absolute atomic E-state index is 0.0124. The Morgan fingerprint density at radius 3 is 2.37 bits per heavy atom. The van der Waals surface area contributed by atoms with E-state index >= 15 is 0 Å². The Kier molecular flexibility index (Phi) is 8.53. The Morgan fingerprint density at radius 2 is 1.71 bits per heavy atom. The summed E-state index contributed by atoms with van der Waals surface area (Å²) in [5.74, 6) is 2.33. The summed E-state index contributed by atoms with van der Waals surface area (Å²) in [6.45, 7) is 7.00. The molecule has 1 amide bonds. The lowest BCUT2D eigenvalue weighted by Gasteiger charge is -2.35. The fraction of sp³-hybridized carbons (Fsp3) is 0.464. The number of methoxy groups -OCH3 is 1. The highest BCUT2D eigenvalue weighted by Crippen LogP contribution is 2.26. The van der Waals surface area contributed by atoms with Crippen LogP contribution < -0.4 is 10.1 Å². The van der Waals surface area contributed by atoms with Crippen molar-refractivity contribution in [2.75, 3.05) is 26.7 Å². The Bertz CT molecular complexity index is 1070. The molecule has 4 rings (SSSR count). The molecular formula is C28H36N4O3. The number of ether oxygens (including phenoxy) is 1. The van der Waals surface area contributed by atoms with E-state index < -0.39 is 0 Å². The standard InChI is InChI=1S/C28H36N4O3/c1-20(2)21-7-9-23(10-8-21)28-30-27(35-31-28)16-15-26(33)29-19-25(32-17-5-4-6-18-32)22-11-13-24(34-3)14-12-22/h7-14,20,25H,4-6,15-19H2,1-3H3,(H,29,33). The molecule has 2 aromatic carbocycles. The third-order valence-electron chi connectivity index (χ3n) is 6.69. The van der Waals surface area contributed by atoms with Gasteiger partial charge in [-0.15, -0.1) is 0 Å². The predicted octanol–water partition coefficient (Wildman–Crippen LogP) is 5.14. The van der Waals surface area contributed by atoms with Crippen molar-refractivity contribution in [3.05, 3.63) is 65.5 Å². The topological polar surface area (TPSA) is 80.5 Å². The van der Waals surface area contributed by atoms with Crippen molar-refractivity contribution in [1.82, 2.24) is 20.4 Å². The number of piperidine rings is 1. The molecule has 35 heavy (non-hydrogen) atoms. The van der Waals surface area contributed by atoms with Crippen LogP contribution in [0.5, 0.6) is 5.75 Å². The maximum atomic E-state index is 12.7. The highest BCUT2D eigenvalue weighted by Gasteiger charge is 2.23. The number of rotatable bonds is 10. The number of nitrogens with zero attached hydrogens (tertiary/aromatic N) is 3. The van der Waals surface area contributed by atoms with Gasteiger partial charge in [-0.3, -0.25) is 9.69 Å². The zero-order valence-corrected chi connectivity index (χ0v) is 21.0. The van der Waals surface area contributed by atoms with Crippen molar-refractivity contribution >= 4 is 5.91 Å². The SMILES string of the molecule is COc1ccc(C(CNC(=O)CCc2nc(-c3ccc(C(C)C)cc3)no2)N2CCCCC2)cc1. The maximum absolute atomic E-state index is 12.7. The largest absolute Gasteiger partial charge is 0.497 e. The minimum atomic E-state index is -0.0124. The van der Waals surface area contributed by atoms with Crippen LogP contribution in [0, 0.1) is 0 Å². The number of likely N-dealkylation sites (tertiary alicyclic amines) is 1. The molecule has 1 aromatic heterocycles. The van der Waals surface area contributed by atoms with Gasteiger partial charge in [0.05, 0.1) is 13.2 Å². The number of carbonyl (C=O) groups is 1. The molecule has 1 atom stereocenters. The average molecular weight is 477 g/mol. The van der Waals surface area contributed by atoms with Crippen molar-refractivity contribution in [2.45, 2.75) is 57.9 Å². The Hall–Kier alpha value is -3.19. The number of hydrogen-bond acceptors (Lipinski definition) is 6. The van der Waals surface area contributed by atoms with Crippen LogP contribution in [0.4, 0.5) is 0 Å². The van der Waals surface area contributed by atoms with Crippen molar-refractivity contribution in [1.29, 1.82) is 0 Å². The molecule has 0 aliphatic carbocycles. The third kappa shape index (κ3) is 6.69. The van der Waals surface area contributed by atoms with Gasteiger partial charge in [0.2, 0.25) is 17.6 Å². The van der Waals surface area contributed by atoms with Crippen molar-refractivity contribution in [3.8, 4) is 17.1 Å². The third-order valence-corrected chi connectivity index (χ3v) is 6.69. The fourth-order valence-corrected chi connectivity index (χ4v) is 4.52. The molecule has 7 heteroatoms. The first-order valence-electron chi connectivity index (χ1n) is 12.6. The van der Waals surface area contributed by atoms with Crippen LogP contribution in [0.15, 0.2) is 53.1 Å². The summed E-state index contributed by atoms with van der Waals surface area (Å²) in [4.78, 5) is 19.6. The quantitative estimate of drug-likeness (QED) is 0.436. The van der Waals surface area contributed by atoms with E-state index in [9.17, 15) is 4.79 Å². The molecular weight excluding hydrogens is 440 g/mol. The molecule has 1 unspecified atom stereocenters. The van der Waals surface area contributed by atoms with Gasteiger partial charge in [0.25, 0.3) is 0 Å². The van der Waals surface area contributed by atoms with E-state index in [4.69, 9.17) is 9.26 Å². The predicted molar refractivity (Wildman–Crippen MR) is 136 cm³/mol. The molecule has 1 fully saturated rings. The molecule has 1 aliphatic rings. The second-order valence-corrected chi connectivity index (χ2v) is 9.48. The number of aromatic nitrogens is 2.